The van der Waals surface area contributed by atoms with Crippen LogP contribution in [0.4, 0.5) is 10.6 Å². The maximum Gasteiger partial charge on any atom is 0.411 e. The molecule has 1 saturated carbocycles. The molecule has 0 bridgehead atoms. The molecule has 31 heavy (non-hydrogen) atoms. The summed E-state index contributed by atoms with van der Waals surface area (Å²) < 4.78 is 5.72. The molecule has 1 atom stereocenters. The van der Waals surface area contributed by atoms with Crippen molar-refractivity contribution in [3.8, 4) is 6.07 Å². The largest absolute Gasteiger partial charge is 0.444 e. The SMILES string of the molecule is CSc1nc2c(c(N3CCN(C)[C@@H](CC#N)C3)n1)CC1(CC1)N(C(=O)OC(C)(C)C)C2. The predicted octanol–water partition coefficient (Wildman–Crippen LogP) is 3.06. The van der Waals surface area contributed by atoms with Crippen LogP contribution >= 0.6 is 11.8 Å². The molecule has 0 N–H and O–H groups in total. The van der Waals surface area contributed by atoms with E-state index in [2.05, 4.69) is 22.9 Å². The van der Waals surface area contributed by atoms with E-state index in [0.717, 1.165) is 61.1 Å². The minimum atomic E-state index is -0.524. The molecule has 1 aliphatic carbocycles. The van der Waals surface area contributed by atoms with Gasteiger partial charge in [0.2, 0.25) is 0 Å². The molecular weight excluding hydrogens is 412 g/mol. The molecule has 1 aromatic heterocycles. The van der Waals surface area contributed by atoms with Gasteiger partial charge in [-0.25, -0.2) is 14.8 Å². The van der Waals surface area contributed by atoms with Crippen LogP contribution < -0.4 is 4.90 Å². The molecule has 2 fully saturated rings. The molecule has 1 amide bonds. The summed E-state index contributed by atoms with van der Waals surface area (Å²) in [6.07, 6.45) is 4.96. The molecule has 0 aromatic carbocycles. The number of amides is 1. The number of hydrogen-bond donors (Lipinski definition) is 0. The second-order valence-corrected chi connectivity index (χ2v) is 10.6. The van der Waals surface area contributed by atoms with Gasteiger partial charge in [0, 0.05) is 37.7 Å². The molecule has 1 saturated heterocycles. The number of hydrogen-bond acceptors (Lipinski definition) is 8. The highest BCUT2D eigenvalue weighted by Crippen LogP contribution is 2.50. The fourth-order valence-corrected chi connectivity index (χ4v) is 4.91. The Morgan fingerprint density at radius 3 is 2.68 bits per heavy atom. The number of fused-ring (bicyclic) bond motifs is 1. The van der Waals surface area contributed by atoms with Crippen molar-refractivity contribution in [2.45, 2.75) is 75.3 Å². The number of nitriles is 1. The highest BCUT2D eigenvalue weighted by atomic mass is 32.2. The molecule has 4 rings (SSSR count). The summed E-state index contributed by atoms with van der Waals surface area (Å²) in [6, 6.07) is 2.51. The lowest BCUT2D eigenvalue weighted by molar-refractivity contribution is 0.00775. The second kappa shape index (κ2) is 8.14. The van der Waals surface area contributed by atoms with Crippen LogP contribution in [0.2, 0.25) is 0 Å². The Kier molecular flexibility index (Phi) is 5.81. The summed E-state index contributed by atoms with van der Waals surface area (Å²) in [5.74, 6) is 0.987. The number of rotatable bonds is 3. The molecule has 3 heterocycles. The molecule has 1 spiro atoms. The van der Waals surface area contributed by atoms with Crippen LogP contribution in [0.3, 0.4) is 0 Å². The van der Waals surface area contributed by atoms with Crippen LogP contribution in [0.15, 0.2) is 5.16 Å². The molecule has 168 valence electrons. The standard InChI is InChI=1S/C22H32N6O2S/c1-21(2,3)30-20(29)28-14-17-16(12-22(28)7-8-22)18(25-19(24-17)31-5)27-11-10-26(4)15(13-27)6-9-23/h15H,6-8,10-14H2,1-5H3/t15-/m0/s1. The van der Waals surface area contributed by atoms with Crippen LogP contribution in [0.1, 0.15) is 51.3 Å². The average Bonchev–Trinajstić information content (AvgIpc) is 3.47. The van der Waals surface area contributed by atoms with E-state index in [4.69, 9.17) is 14.7 Å². The van der Waals surface area contributed by atoms with Gasteiger partial charge in [-0.05, 0) is 46.9 Å². The minimum Gasteiger partial charge on any atom is -0.444 e. The normalized spacial score (nSPS) is 22.8. The van der Waals surface area contributed by atoms with Crippen molar-refractivity contribution in [1.82, 2.24) is 19.8 Å². The fourth-order valence-electron chi connectivity index (χ4n) is 4.53. The van der Waals surface area contributed by atoms with Crippen molar-refractivity contribution in [2.75, 3.05) is 37.8 Å². The van der Waals surface area contributed by atoms with E-state index >= 15 is 0 Å². The molecule has 2 aliphatic heterocycles. The van der Waals surface area contributed by atoms with E-state index in [-0.39, 0.29) is 17.7 Å². The Hall–Kier alpha value is -2.05. The van der Waals surface area contributed by atoms with Gasteiger partial charge in [-0.1, -0.05) is 11.8 Å². The Balaban J connectivity index is 1.67. The zero-order valence-corrected chi connectivity index (χ0v) is 20.0. The van der Waals surface area contributed by atoms with Crippen molar-refractivity contribution in [1.29, 1.82) is 5.26 Å². The van der Waals surface area contributed by atoms with Gasteiger partial charge in [0.05, 0.1) is 30.3 Å². The summed E-state index contributed by atoms with van der Waals surface area (Å²) in [5, 5.41) is 9.96. The molecule has 8 nitrogen and oxygen atoms in total. The molecule has 0 radical (unpaired) electrons. The maximum absolute atomic E-state index is 13.0. The predicted molar refractivity (Wildman–Crippen MR) is 120 cm³/mol. The third-order valence-corrected chi connectivity index (χ3v) is 7.01. The van der Waals surface area contributed by atoms with Crippen LogP contribution in [0, 0.1) is 11.3 Å². The molecule has 3 aliphatic rings. The van der Waals surface area contributed by atoms with Gasteiger partial charge < -0.3 is 9.64 Å². The first-order valence-corrected chi connectivity index (χ1v) is 12.1. The summed E-state index contributed by atoms with van der Waals surface area (Å²) in [6.45, 7) is 8.72. The summed E-state index contributed by atoms with van der Waals surface area (Å²) in [5.41, 5.74) is 1.39. The van der Waals surface area contributed by atoms with Crippen LogP contribution in [0.25, 0.3) is 0 Å². The first-order chi connectivity index (χ1) is 14.7. The molecule has 9 heteroatoms. The van der Waals surface area contributed by atoms with Gasteiger partial charge in [0.1, 0.15) is 11.4 Å². The van der Waals surface area contributed by atoms with E-state index in [1.54, 1.807) is 0 Å². The van der Waals surface area contributed by atoms with Gasteiger partial charge in [-0.15, -0.1) is 0 Å². The molecule has 1 aromatic rings. The lowest BCUT2D eigenvalue weighted by Gasteiger charge is -2.42. The number of nitrogens with zero attached hydrogens (tertiary/aromatic N) is 6. The lowest BCUT2D eigenvalue weighted by Crippen LogP contribution is -2.53. The molecular formula is C22H32N6O2S. The van der Waals surface area contributed by atoms with E-state index in [0.29, 0.717) is 13.0 Å². The zero-order valence-electron chi connectivity index (χ0n) is 19.1. The van der Waals surface area contributed by atoms with Crippen molar-refractivity contribution in [2.24, 2.45) is 0 Å². The van der Waals surface area contributed by atoms with Crippen molar-refractivity contribution >= 4 is 23.7 Å². The lowest BCUT2D eigenvalue weighted by atomic mass is 9.95. The number of carbonyl (C=O) groups excluding carboxylic acids is 1. The second-order valence-electron chi connectivity index (χ2n) is 9.87. The van der Waals surface area contributed by atoms with E-state index in [1.165, 1.54) is 11.8 Å². The summed E-state index contributed by atoms with van der Waals surface area (Å²) in [7, 11) is 2.08. The highest BCUT2D eigenvalue weighted by Gasteiger charge is 2.54. The van der Waals surface area contributed by atoms with E-state index < -0.39 is 5.60 Å². The van der Waals surface area contributed by atoms with Gasteiger partial charge >= 0.3 is 6.09 Å². The number of thioether (sulfide) groups is 1. The van der Waals surface area contributed by atoms with Gasteiger partial charge in [0.15, 0.2) is 5.16 Å². The first kappa shape index (κ1) is 22.2. The van der Waals surface area contributed by atoms with Gasteiger partial charge in [0.25, 0.3) is 0 Å². The number of anilines is 1. The molecule has 0 unspecified atom stereocenters. The number of ether oxygens (including phenoxy) is 1. The summed E-state index contributed by atoms with van der Waals surface area (Å²) in [4.78, 5) is 29.2. The number of carbonyl (C=O) groups is 1. The quantitative estimate of drug-likeness (QED) is 0.519. The van der Waals surface area contributed by atoms with Crippen molar-refractivity contribution in [3.63, 3.8) is 0 Å². The van der Waals surface area contributed by atoms with Crippen LogP contribution in [0.5, 0.6) is 0 Å². The average molecular weight is 445 g/mol. The smallest absolute Gasteiger partial charge is 0.411 e. The monoisotopic (exact) mass is 444 g/mol. The Morgan fingerprint density at radius 2 is 2.06 bits per heavy atom. The first-order valence-electron chi connectivity index (χ1n) is 10.9. The number of aromatic nitrogens is 2. The van der Waals surface area contributed by atoms with Crippen molar-refractivity contribution < 1.29 is 9.53 Å². The zero-order chi connectivity index (χ0) is 22.4. The maximum atomic E-state index is 13.0. The fraction of sp³-hybridized carbons (Fsp3) is 0.727. The van der Waals surface area contributed by atoms with Crippen LogP contribution in [-0.2, 0) is 17.7 Å². The Labute approximate surface area is 188 Å². The third kappa shape index (κ3) is 4.46. The Morgan fingerprint density at radius 1 is 1.32 bits per heavy atom. The minimum absolute atomic E-state index is 0.174. The van der Waals surface area contributed by atoms with Gasteiger partial charge in [-0.3, -0.25) is 9.80 Å². The topological polar surface area (TPSA) is 85.6 Å². The van der Waals surface area contributed by atoms with E-state index in [1.807, 2.05) is 31.9 Å². The van der Waals surface area contributed by atoms with E-state index in [9.17, 15) is 10.1 Å². The highest BCUT2D eigenvalue weighted by molar-refractivity contribution is 7.98. The van der Waals surface area contributed by atoms with Crippen LogP contribution in [-0.4, -0.2) is 76.0 Å². The summed E-state index contributed by atoms with van der Waals surface area (Å²) >= 11 is 1.52. The third-order valence-electron chi connectivity index (χ3n) is 6.46. The van der Waals surface area contributed by atoms with Gasteiger partial charge in [-0.2, -0.15) is 5.26 Å². The number of piperazine rings is 1. The number of likely N-dealkylation sites (N-methyl/N-ethyl adjacent to an activating group) is 1. The van der Waals surface area contributed by atoms with Crippen molar-refractivity contribution in [3.05, 3.63) is 11.3 Å². The Bertz CT molecular complexity index is 904.